The number of nitrogens with one attached hydrogen (secondary N) is 4. The first-order valence-electron chi connectivity index (χ1n) is 15.6. The van der Waals surface area contributed by atoms with E-state index in [1.54, 1.807) is 0 Å². The molecule has 0 saturated carbocycles. The number of aromatic nitrogens is 4. The van der Waals surface area contributed by atoms with Gasteiger partial charge in [0, 0.05) is 49.2 Å². The third-order valence-electron chi connectivity index (χ3n) is 8.93. The van der Waals surface area contributed by atoms with Gasteiger partial charge in [-0.05, 0) is 98.9 Å². The Morgan fingerprint density at radius 3 is 2.43 bits per heavy atom. The van der Waals surface area contributed by atoms with Crippen LogP contribution in [0.15, 0.2) is 55.3 Å². The summed E-state index contributed by atoms with van der Waals surface area (Å²) in [4.78, 5) is 15.0. The molecule has 1 aromatic heterocycles. The van der Waals surface area contributed by atoms with E-state index in [0.29, 0.717) is 30.9 Å². The predicted molar refractivity (Wildman–Crippen MR) is 172 cm³/mol. The number of aromatic amines is 1. The van der Waals surface area contributed by atoms with Crippen molar-refractivity contribution < 1.29 is 4.79 Å². The summed E-state index contributed by atoms with van der Waals surface area (Å²) >= 11 is 0. The zero-order valence-corrected chi connectivity index (χ0v) is 26.0. The highest BCUT2D eigenvalue weighted by molar-refractivity contribution is 5.94. The number of benzene rings is 2. The van der Waals surface area contributed by atoms with Gasteiger partial charge in [-0.1, -0.05) is 36.6 Å². The second-order valence-corrected chi connectivity index (χ2v) is 11.8. The van der Waals surface area contributed by atoms with E-state index >= 15 is 0 Å². The van der Waals surface area contributed by atoms with Crippen molar-refractivity contribution in [3.05, 3.63) is 94.5 Å². The lowest BCUT2D eigenvalue weighted by Gasteiger charge is -2.37. The van der Waals surface area contributed by atoms with E-state index in [9.17, 15) is 10.1 Å². The van der Waals surface area contributed by atoms with Gasteiger partial charge in [-0.15, -0.1) is 10.2 Å². The number of likely N-dealkylation sites (tertiary alicyclic amines) is 1. The fourth-order valence-corrected chi connectivity index (χ4v) is 6.85. The van der Waals surface area contributed by atoms with Crippen LogP contribution in [0, 0.1) is 11.3 Å². The lowest BCUT2D eigenvalue weighted by atomic mass is 9.67. The molecule has 44 heavy (non-hydrogen) atoms. The van der Waals surface area contributed by atoms with Crippen LogP contribution >= 0.6 is 0 Å². The molecule has 0 bridgehead atoms. The van der Waals surface area contributed by atoms with Crippen molar-refractivity contribution in [1.82, 2.24) is 41.5 Å². The molecule has 2 aliphatic rings. The average molecular weight is 594 g/mol. The highest BCUT2D eigenvalue weighted by Gasteiger charge is 2.45. The second-order valence-electron chi connectivity index (χ2n) is 11.8. The lowest BCUT2D eigenvalue weighted by molar-refractivity contribution is 0.0955. The molecule has 3 atom stereocenters. The van der Waals surface area contributed by atoms with E-state index in [4.69, 9.17) is 0 Å². The van der Waals surface area contributed by atoms with Crippen LogP contribution in [0.1, 0.15) is 84.0 Å². The smallest absolute Gasteiger partial charge is 0.251 e. The predicted octanol–water partition coefficient (Wildman–Crippen LogP) is 3.83. The standard InChI is InChI=1S/C34H43N9O/c1-6-36-24(5)25-12-14-30-26(17-25)10-11-27-18-28(32(44)37-7-2)13-15-31(27)34(30,33-39-41-42-40-33)19-22(3)38-21-23(4)43-16-8-9-29(43)20-35/h12-15,17-18,22,29,36,38H,4-11,16,19,21H2,1-3H3,(H,37,44)(H,39,40,41,42)/t22-,29?,34?/m1/s1. The first-order valence-corrected chi connectivity index (χ1v) is 15.6. The van der Waals surface area contributed by atoms with Gasteiger partial charge in [0.15, 0.2) is 5.82 Å². The molecule has 0 radical (unpaired) electrons. The van der Waals surface area contributed by atoms with Gasteiger partial charge < -0.3 is 20.9 Å². The molecule has 2 aromatic carbocycles. The Kier molecular flexibility index (Phi) is 9.45. The van der Waals surface area contributed by atoms with Crippen LogP contribution in [0.3, 0.4) is 0 Å². The Morgan fingerprint density at radius 1 is 1.11 bits per heavy atom. The van der Waals surface area contributed by atoms with Crippen molar-refractivity contribution in [3.63, 3.8) is 0 Å². The third-order valence-corrected chi connectivity index (χ3v) is 8.93. The molecule has 1 aliphatic heterocycles. The molecule has 1 amide bonds. The van der Waals surface area contributed by atoms with E-state index in [-0.39, 0.29) is 18.0 Å². The van der Waals surface area contributed by atoms with Crippen LogP contribution in [0.4, 0.5) is 0 Å². The number of hydrogen-bond donors (Lipinski definition) is 4. The lowest BCUT2D eigenvalue weighted by Crippen LogP contribution is -2.42. The average Bonchev–Trinajstić information content (AvgIpc) is 3.73. The number of carbonyl (C=O) groups excluding carboxylic acids is 1. The van der Waals surface area contributed by atoms with Crippen LogP contribution in [-0.2, 0) is 18.3 Å². The molecule has 5 rings (SSSR count). The van der Waals surface area contributed by atoms with E-state index < -0.39 is 5.41 Å². The van der Waals surface area contributed by atoms with Crippen molar-refractivity contribution in [2.24, 2.45) is 0 Å². The minimum absolute atomic E-state index is 0.00616. The van der Waals surface area contributed by atoms with Crippen molar-refractivity contribution in [2.45, 2.75) is 70.4 Å². The Bertz CT molecular complexity index is 1490. The number of nitrogens with zero attached hydrogens (tertiary/aromatic N) is 5. The summed E-state index contributed by atoms with van der Waals surface area (Å²) in [5.41, 5.74) is 7.21. The molecule has 2 unspecified atom stereocenters. The topological polar surface area (TPSA) is 135 Å². The molecule has 1 fully saturated rings. The molecule has 10 nitrogen and oxygen atoms in total. The summed E-state index contributed by atoms with van der Waals surface area (Å²) in [7, 11) is 0. The molecule has 4 N–H and O–H groups in total. The number of tetrazole rings is 1. The number of aryl methyl sites for hydroxylation is 2. The number of carbonyl (C=O) groups is 1. The van der Waals surface area contributed by atoms with E-state index in [1.807, 2.05) is 19.1 Å². The van der Waals surface area contributed by atoms with E-state index in [1.165, 1.54) is 5.56 Å². The van der Waals surface area contributed by atoms with Crippen LogP contribution in [-0.4, -0.2) is 69.7 Å². The van der Waals surface area contributed by atoms with Crippen LogP contribution in [0.5, 0.6) is 0 Å². The SMILES string of the molecule is C=C(NCC)c1ccc2c(c1)CCc1cc(C(=O)NCC)ccc1C2(C[C@@H](C)NCC(=C)N1CCCC1C#N)c1nn[nH]n1. The molecule has 230 valence electrons. The molecular weight excluding hydrogens is 550 g/mol. The van der Waals surface area contributed by atoms with Crippen molar-refractivity contribution in [1.29, 1.82) is 5.26 Å². The van der Waals surface area contributed by atoms with Gasteiger partial charge in [0.2, 0.25) is 0 Å². The fourth-order valence-electron chi connectivity index (χ4n) is 6.85. The normalized spacial score (nSPS) is 19.7. The molecular formula is C34H43N9O. The summed E-state index contributed by atoms with van der Waals surface area (Å²) < 4.78 is 0. The summed E-state index contributed by atoms with van der Waals surface area (Å²) in [6, 6.07) is 14.8. The van der Waals surface area contributed by atoms with Gasteiger partial charge in [-0.3, -0.25) is 4.79 Å². The molecule has 1 aliphatic carbocycles. The maximum Gasteiger partial charge on any atom is 0.251 e. The van der Waals surface area contributed by atoms with Gasteiger partial charge in [0.1, 0.15) is 6.04 Å². The van der Waals surface area contributed by atoms with Gasteiger partial charge in [-0.25, -0.2) is 0 Å². The third kappa shape index (κ3) is 5.97. The quantitative estimate of drug-likeness (QED) is 0.249. The highest BCUT2D eigenvalue weighted by atomic mass is 16.1. The Morgan fingerprint density at radius 2 is 1.80 bits per heavy atom. The highest BCUT2D eigenvalue weighted by Crippen LogP contribution is 2.47. The van der Waals surface area contributed by atoms with Crippen molar-refractivity contribution in [3.8, 4) is 6.07 Å². The van der Waals surface area contributed by atoms with Crippen LogP contribution in [0.25, 0.3) is 5.70 Å². The van der Waals surface area contributed by atoms with Gasteiger partial charge in [-0.2, -0.15) is 10.5 Å². The molecule has 3 aromatic rings. The summed E-state index contributed by atoms with van der Waals surface area (Å²) in [6.07, 6.45) is 4.06. The van der Waals surface area contributed by atoms with Gasteiger partial charge >= 0.3 is 0 Å². The first kappa shape index (κ1) is 31.0. The molecule has 1 saturated heterocycles. The monoisotopic (exact) mass is 593 g/mol. The van der Waals surface area contributed by atoms with Crippen LogP contribution < -0.4 is 16.0 Å². The maximum absolute atomic E-state index is 12.9. The van der Waals surface area contributed by atoms with Crippen molar-refractivity contribution in [2.75, 3.05) is 26.2 Å². The molecule has 0 spiro atoms. The van der Waals surface area contributed by atoms with E-state index in [2.05, 4.69) is 98.8 Å². The minimum atomic E-state index is -0.747. The number of rotatable bonds is 12. The summed E-state index contributed by atoms with van der Waals surface area (Å²) in [6.45, 7) is 17.5. The Balaban J connectivity index is 1.58. The summed E-state index contributed by atoms with van der Waals surface area (Å²) in [5, 5.41) is 35.5. The molecule has 2 heterocycles. The zero-order chi connectivity index (χ0) is 31.3. The van der Waals surface area contributed by atoms with Gasteiger partial charge in [0.25, 0.3) is 5.91 Å². The molecule has 10 heteroatoms. The number of H-pyrrole nitrogens is 1. The summed E-state index contributed by atoms with van der Waals surface area (Å²) in [5.74, 6) is 0.500. The number of nitriles is 1. The maximum atomic E-state index is 12.9. The van der Waals surface area contributed by atoms with Crippen LogP contribution in [0.2, 0.25) is 0 Å². The Hall–Kier alpha value is -4.49. The van der Waals surface area contributed by atoms with Gasteiger partial charge in [0.05, 0.1) is 11.5 Å². The number of amides is 1. The minimum Gasteiger partial charge on any atom is -0.385 e. The van der Waals surface area contributed by atoms with Crippen molar-refractivity contribution >= 4 is 11.6 Å². The number of fused-ring (bicyclic) bond motifs is 2. The first-order chi connectivity index (χ1) is 21.3. The Labute approximate surface area is 260 Å². The number of hydrogen-bond acceptors (Lipinski definition) is 8. The second kappa shape index (κ2) is 13.4. The van der Waals surface area contributed by atoms with E-state index in [0.717, 1.165) is 72.4 Å². The zero-order valence-electron chi connectivity index (χ0n) is 26.0. The largest absolute Gasteiger partial charge is 0.385 e. The fraction of sp³-hybridized carbons (Fsp3) is 0.441.